The second-order valence-corrected chi connectivity index (χ2v) is 14.0. The summed E-state index contributed by atoms with van der Waals surface area (Å²) in [6.45, 7) is 9.91. The van der Waals surface area contributed by atoms with E-state index in [1.165, 1.54) is 43.2 Å². The molecule has 0 saturated heterocycles. The van der Waals surface area contributed by atoms with Crippen LogP contribution in [-0.2, 0) is 4.79 Å². The quantitative estimate of drug-likeness (QED) is 0.308. The number of carbonyl (C=O) groups is 1. The first-order valence-corrected chi connectivity index (χ1v) is 16.7. The normalized spacial score (nSPS) is 34.4. The number of carbonyl (C=O) groups excluding carboxylic acids is 1. The highest BCUT2D eigenvalue weighted by atomic mass is 16.5. The van der Waals surface area contributed by atoms with E-state index in [2.05, 4.69) is 57.3 Å². The van der Waals surface area contributed by atoms with E-state index in [4.69, 9.17) is 4.74 Å². The van der Waals surface area contributed by atoms with Crippen molar-refractivity contribution in [1.82, 2.24) is 5.32 Å². The van der Waals surface area contributed by atoms with Gasteiger partial charge in [-0.25, -0.2) is 0 Å². The summed E-state index contributed by atoms with van der Waals surface area (Å²) in [7, 11) is 0. The Bertz CT molecular complexity index is 1040. The van der Waals surface area contributed by atoms with E-state index in [0.29, 0.717) is 48.6 Å². The molecule has 0 heterocycles. The average Bonchev–Trinajstić information content (AvgIpc) is 2.97. The van der Waals surface area contributed by atoms with Crippen molar-refractivity contribution in [1.29, 1.82) is 0 Å². The first-order valence-electron chi connectivity index (χ1n) is 16.7. The van der Waals surface area contributed by atoms with Gasteiger partial charge < -0.3 is 15.2 Å². The van der Waals surface area contributed by atoms with E-state index in [1.807, 2.05) is 6.08 Å². The maximum Gasteiger partial charge on any atom is 0.155 e. The molecule has 0 bridgehead atoms. The van der Waals surface area contributed by atoms with E-state index in [9.17, 15) is 9.90 Å². The molecule has 4 aliphatic carbocycles. The third-order valence-electron chi connectivity index (χ3n) is 12.1. The van der Waals surface area contributed by atoms with Gasteiger partial charge in [0.15, 0.2) is 5.78 Å². The highest BCUT2D eigenvalue weighted by Crippen LogP contribution is 2.63. The highest BCUT2D eigenvalue weighted by Gasteiger charge is 2.56. The lowest BCUT2D eigenvalue weighted by Crippen LogP contribution is -2.54. The number of benzene rings is 1. The lowest BCUT2D eigenvalue weighted by molar-refractivity contribution is -0.125. The molecule has 4 aliphatic rings. The van der Waals surface area contributed by atoms with Crippen molar-refractivity contribution >= 4 is 5.78 Å². The maximum absolute atomic E-state index is 12.2. The largest absolute Gasteiger partial charge is 0.494 e. The van der Waals surface area contributed by atoms with Crippen LogP contribution < -0.4 is 10.1 Å². The summed E-state index contributed by atoms with van der Waals surface area (Å²) in [5.74, 6) is 2.94. The molecule has 0 radical (unpaired) electrons. The molecule has 2 N–H and O–H groups in total. The molecule has 4 heteroatoms. The van der Waals surface area contributed by atoms with Crippen LogP contribution in [0.2, 0.25) is 0 Å². The molecule has 7 atom stereocenters. The van der Waals surface area contributed by atoms with Crippen LogP contribution in [0, 0.1) is 28.6 Å². The van der Waals surface area contributed by atoms with E-state index in [0.717, 1.165) is 57.1 Å². The second-order valence-electron chi connectivity index (χ2n) is 14.0. The monoisotopic (exact) mass is 549 g/mol. The number of aliphatic hydroxyl groups excluding tert-OH is 1. The number of aliphatic hydroxyl groups is 1. The van der Waals surface area contributed by atoms with Crippen molar-refractivity contribution in [2.75, 3.05) is 6.61 Å². The van der Waals surface area contributed by atoms with Gasteiger partial charge in [0.25, 0.3) is 0 Å². The van der Waals surface area contributed by atoms with E-state index in [1.54, 1.807) is 0 Å². The van der Waals surface area contributed by atoms with Crippen LogP contribution in [-0.4, -0.2) is 29.6 Å². The van der Waals surface area contributed by atoms with Gasteiger partial charge in [-0.2, -0.15) is 0 Å². The molecule has 0 aliphatic heterocycles. The molecule has 4 nitrogen and oxygen atoms in total. The standard InChI is InChI=1S/C36H55NO3/c1-5-33(37-28-12-8-7-9-13-28)26-11-10-14-30(23-26)40-22-21-36(34(39)6-2)20-18-32-31(25(36)3)16-15-27-24-29(38)17-19-35(27,32)4/h10-11,14,23-25,28,31-34,37,39H,5-9,12-13,15-22H2,1-4H3. The Hall–Kier alpha value is -1.65. The zero-order valence-electron chi connectivity index (χ0n) is 25.7. The van der Waals surface area contributed by atoms with Gasteiger partial charge in [0, 0.05) is 23.9 Å². The summed E-state index contributed by atoms with van der Waals surface area (Å²) < 4.78 is 6.47. The van der Waals surface area contributed by atoms with Crippen molar-refractivity contribution < 1.29 is 14.6 Å². The number of hydrogen-bond donors (Lipinski definition) is 2. The smallest absolute Gasteiger partial charge is 0.155 e. The Balaban J connectivity index is 1.26. The fraction of sp³-hybridized carbons (Fsp3) is 0.750. The molecule has 5 rings (SSSR count). The first kappa shape index (κ1) is 29.8. The molecule has 3 fully saturated rings. The van der Waals surface area contributed by atoms with Crippen LogP contribution in [0.4, 0.5) is 0 Å². The SMILES string of the molecule is CCC(NC1CCCCC1)c1cccc(OCCC2(C(O)CC)CCC3C(CCC4=CC(=O)CCC43C)C2C)c1. The molecular formula is C36H55NO3. The number of rotatable bonds is 10. The number of hydrogen-bond acceptors (Lipinski definition) is 4. The first-order chi connectivity index (χ1) is 19.3. The van der Waals surface area contributed by atoms with Gasteiger partial charge in [0.05, 0.1) is 12.7 Å². The van der Waals surface area contributed by atoms with Crippen molar-refractivity contribution in [2.24, 2.45) is 28.6 Å². The molecular weight excluding hydrogens is 494 g/mol. The van der Waals surface area contributed by atoms with Crippen molar-refractivity contribution in [2.45, 2.75) is 136 Å². The summed E-state index contributed by atoms with van der Waals surface area (Å²) >= 11 is 0. The Morgan fingerprint density at radius 1 is 1.05 bits per heavy atom. The Morgan fingerprint density at radius 3 is 2.60 bits per heavy atom. The molecule has 222 valence electrons. The van der Waals surface area contributed by atoms with Crippen molar-refractivity contribution in [3.63, 3.8) is 0 Å². The summed E-state index contributed by atoms with van der Waals surface area (Å²) in [5.41, 5.74) is 2.79. The molecule has 40 heavy (non-hydrogen) atoms. The molecule has 0 spiro atoms. The maximum atomic E-state index is 12.2. The number of ether oxygens (including phenoxy) is 1. The van der Waals surface area contributed by atoms with Gasteiger partial charge in [-0.1, -0.05) is 64.7 Å². The van der Waals surface area contributed by atoms with E-state index < -0.39 is 0 Å². The minimum absolute atomic E-state index is 0.107. The Labute approximate surface area is 243 Å². The molecule has 0 aromatic heterocycles. The topological polar surface area (TPSA) is 58.6 Å². The summed E-state index contributed by atoms with van der Waals surface area (Å²) in [6.07, 6.45) is 17.2. The lowest BCUT2D eigenvalue weighted by Gasteiger charge is -2.59. The van der Waals surface area contributed by atoms with Gasteiger partial charge in [0.2, 0.25) is 0 Å². The van der Waals surface area contributed by atoms with E-state index in [-0.39, 0.29) is 16.9 Å². The number of fused-ring (bicyclic) bond motifs is 3. The van der Waals surface area contributed by atoms with Gasteiger partial charge >= 0.3 is 0 Å². The van der Waals surface area contributed by atoms with Crippen LogP contribution in [0.3, 0.4) is 0 Å². The fourth-order valence-corrected chi connectivity index (χ4v) is 9.54. The fourth-order valence-electron chi connectivity index (χ4n) is 9.54. The van der Waals surface area contributed by atoms with Crippen LogP contribution >= 0.6 is 0 Å². The highest BCUT2D eigenvalue weighted by molar-refractivity contribution is 5.91. The van der Waals surface area contributed by atoms with Gasteiger partial charge in [-0.15, -0.1) is 0 Å². The number of ketones is 1. The molecule has 1 aromatic rings. The minimum Gasteiger partial charge on any atom is -0.494 e. The third-order valence-corrected chi connectivity index (χ3v) is 12.1. The molecule has 0 amide bonds. The molecule has 1 aromatic carbocycles. The molecule has 3 saturated carbocycles. The Kier molecular flexibility index (Phi) is 9.47. The van der Waals surface area contributed by atoms with Crippen LogP contribution in [0.1, 0.15) is 129 Å². The van der Waals surface area contributed by atoms with Crippen LogP contribution in [0.5, 0.6) is 5.75 Å². The van der Waals surface area contributed by atoms with Crippen LogP contribution in [0.15, 0.2) is 35.9 Å². The van der Waals surface area contributed by atoms with Gasteiger partial charge in [0.1, 0.15) is 5.75 Å². The van der Waals surface area contributed by atoms with Crippen LogP contribution in [0.25, 0.3) is 0 Å². The summed E-state index contributed by atoms with van der Waals surface area (Å²) in [5, 5.41) is 15.4. The zero-order chi connectivity index (χ0) is 28.3. The Morgan fingerprint density at radius 2 is 1.85 bits per heavy atom. The summed E-state index contributed by atoms with van der Waals surface area (Å²) in [4.78, 5) is 12.2. The summed E-state index contributed by atoms with van der Waals surface area (Å²) in [6, 6.07) is 9.74. The number of nitrogens with one attached hydrogen (secondary N) is 1. The number of allylic oxidation sites excluding steroid dienone is 2. The minimum atomic E-state index is -0.305. The average molecular weight is 550 g/mol. The molecule has 7 unspecified atom stereocenters. The second kappa shape index (κ2) is 12.7. The van der Waals surface area contributed by atoms with Crippen molar-refractivity contribution in [3.8, 4) is 5.75 Å². The lowest BCUT2D eigenvalue weighted by atomic mass is 9.45. The third kappa shape index (κ3) is 5.82. The van der Waals surface area contributed by atoms with Crippen molar-refractivity contribution in [3.05, 3.63) is 41.5 Å². The predicted molar refractivity (Wildman–Crippen MR) is 163 cm³/mol. The zero-order valence-corrected chi connectivity index (χ0v) is 25.7. The van der Waals surface area contributed by atoms with Gasteiger partial charge in [-0.05, 0) is 111 Å². The predicted octanol–water partition coefficient (Wildman–Crippen LogP) is 8.34. The van der Waals surface area contributed by atoms with E-state index >= 15 is 0 Å². The van der Waals surface area contributed by atoms with Gasteiger partial charge in [-0.3, -0.25) is 4.79 Å².